The average molecular weight is 457 g/mol. The highest BCUT2D eigenvalue weighted by Gasteiger charge is 2.28. The Morgan fingerprint density at radius 2 is 1.87 bits per heavy atom. The molecule has 5 nitrogen and oxygen atoms in total. The van der Waals surface area contributed by atoms with E-state index in [9.17, 15) is 8.42 Å². The summed E-state index contributed by atoms with van der Waals surface area (Å²) in [5.74, 6) is 0.781. The molecule has 0 bridgehead atoms. The molecule has 0 unspecified atom stereocenters. The maximum Gasteiger partial charge on any atom is 0.191 e. The van der Waals surface area contributed by atoms with Crippen LogP contribution in [0.15, 0.2) is 16.6 Å². The summed E-state index contributed by atoms with van der Waals surface area (Å²) in [6.07, 6.45) is 8.38. The topological polar surface area (TPSA) is 70.6 Å². The highest BCUT2D eigenvalue weighted by atomic mass is 127. The molecule has 136 valence electrons. The van der Waals surface area contributed by atoms with Crippen LogP contribution in [0.3, 0.4) is 0 Å². The molecule has 0 aromatic carbocycles. The lowest BCUT2D eigenvalue weighted by Crippen LogP contribution is -2.42. The number of rotatable bonds is 6. The van der Waals surface area contributed by atoms with Crippen LogP contribution < -0.4 is 10.6 Å². The molecule has 0 saturated heterocycles. The van der Waals surface area contributed by atoms with Gasteiger partial charge in [0, 0.05) is 20.1 Å². The van der Waals surface area contributed by atoms with E-state index in [0.29, 0.717) is 12.5 Å². The van der Waals surface area contributed by atoms with Gasteiger partial charge in [-0.25, -0.2) is 8.42 Å². The summed E-state index contributed by atoms with van der Waals surface area (Å²) in [6, 6.07) is 0. The number of guanidine groups is 1. The molecule has 0 amide bonds. The molecule has 23 heavy (non-hydrogen) atoms. The second-order valence-corrected chi connectivity index (χ2v) is 9.58. The zero-order chi connectivity index (χ0) is 16.6. The number of hydrogen-bond acceptors (Lipinski definition) is 3. The summed E-state index contributed by atoms with van der Waals surface area (Å²) in [6.45, 7) is 6.40. The monoisotopic (exact) mass is 457 g/mol. The summed E-state index contributed by atoms with van der Waals surface area (Å²) in [4.78, 5) is 4.13. The summed E-state index contributed by atoms with van der Waals surface area (Å²) in [5.41, 5.74) is 1.52. The number of nitrogens with one attached hydrogen (secondary N) is 2. The molecule has 0 aliphatic heterocycles. The minimum Gasteiger partial charge on any atom is -0.356 e. The van der Waals surface area contributed by atoms with Crippen LogP contribution in [-0.4, -0.2) is 45.0 Å². The number of nitrogens with zero attached hydrogens (tertiary/aromatic N) is 1. The highest BCUT2D eigenvalue weighted by molar-refractivity contribution is 14.0. The van der Waals surface area contributed by atoms with Gasteiger partial charge in [-0.05, 0) is 52.9 Å². The molecule has 0 aromatic heterocycles. The van der Waals surface area contributed by atoms with E-state index in [-0.39, 0.29) is 29.7 Å². The van der Waals surface area contributed by atoms with E-state index in [1.807, 2.05) is 0 Å². The van der Waals surface area contributed by atoms with E-state index in [2.05, 4.69) is 21.7 Å². The van der Waals surface area contributed by atoms with Crippen molar-refractivity contribution in [3.8, 4) is 0 Å². The first-order valence-corrected chi connectivity index (χ1v) is 9.76. The Hall–Kier alpha value is -0.310. The van der Waals surface area contributed by atoms with Gasteiger partial charge in [-0.2, -0.15) is 0 Å². The quantitative estimate of drug-likeness (QED) is 0.279. The molecule has 1 aliphatic rings. The number of allylic oxidation sites excluding steroid dienone is 1. The predicted octanol–water partition coefficient (Wildman–Crippen LogP) is 2.87. The second kappa shape index (κ2) is 10.5. The number of halogens is 1. The minimum absolute atomic E-state index is 0. The lowest BCUT2D eigenvalue weighted by Gasteiger charge is -2.20. The predicted molar refractivity (Wildman–Crippen MR) is 109 cm³/mol. The van der Waals surface area contributed by atoms with E-state index in [0.717, 1.165) is 13.0 Å². The Morgan fingerprint density at radius 3 is 2.39 bits per heavy atom. The van der Waals surface area contributed by atoms with Crippen LogP contribution in [0.2, 0.25) is 0 Å². The van der Waals surface area contributed by atoms with Crippen LogP contribution in [0.4, 0.5) is 0 Å². The van der Waals surface area contributed by atoms with Crippen molar-refractivity contribution in [1.29, 1.82) is 0 Å². The van der Waals surface area contributed by atoms with Crippen molar-refractivity contribution in [3.05, 3.63) is 11.6 Å². The molecule has 0 aromatic rings. The van der Waals surface area contributed by atoms with E-state index in [1.54, 1.807) is 27.8 Å². The fourth-order valence-corrected chi connectivity index (χ4v) is 3.29. The molecule has 0 atom stereocenters. The van der Waals surface area contributed by atoms with Crippen LogP contribution in [0.1, 0.15) is 52.9 Å². The van der Waals surface area contributed by atoms with Crippen LogP contribution >= 0.6 is 24.0 Å². The number of aliphatic imine (C=N–C) groups is 1. The Kier molecular flexibility index (Phi) is 10.4. The summed E-state index contributed by atoms with van der Waals surface area (Å²) in [7, 11) is -1.39. The lowest BCUT2D eigenvalue weighted by molar-refractivity contribution is 0.559. The van der Waals surface area contributed by atoms with E-state index < -0.39 is 14.6 Å². The van der Waals surface area contributed by atoms with Gasteiger partial charge in [0.25, 0.3) is 0 Å². The van der Waals surface area contributed by atoms with Crippen molar-refractivity contribution in [1.82, 2.24) is 10.6 Å². The van der Waals surface area contributed by atoms with Gasteiger partial charge in [0.15, 0.2) is 15.8 Å². The molecule has 2 N–H and O–H groups in total. The molecule has 7 heteroatoms. The van der Waals surface area contributed by atoms with Gasteiger partial charge < -0.3 is 10.6 Å². The van der Waals surface area contributed by atoms with Gasteiger partial charge in [0.05, 0.1) is 10.5 Å². The van der Waals surface area contributed by atoms with Gasteiger partial charge in [-0.15, -0.1) is 24.0 Å². The third-order valence-electron chi connectivity index (χ3n) is 3.94. The molecular formula is C16H32IN3O2S. The Bertz CT molecular complexity index is 508. The van der Waals surface area contributed by atoms with Crippen LogP contribution in [0, 0.1) is 0 Å². The standard InChI is InChI=1S/C16H31N3O2S.HI/c1-16(2,3)22(20,21)13-12-19-15(17-4)18-11-10-14-8-6-5-7-9-14;/h8H,5-7,9-13H2,1-4H3,(H2,17,18,19);1H. The van der Waals surface area contributed by atoms with Gasteiger partial charge in [0.1, 0.15) is 0 Å². The van der Waals surface area contributed by atoms with Crippen molar-refractivity contribution in [2.75, 3.05) is 25.9 Å². The summed E-state index contributed by atoms with van der Waals surface area (Å²) >= 11 is 0. The van der Waals surface area contributed by atoms with Gasteiger partial charge in [-0.3, -0.25) is 4.99 Å². The third kappa shape index (κ3) is 8.37. The molecule has 0 radical (unpaired) electrons. The van der Waals surface area contributed by atoms with Crippen molar-refractivity contribution >= 4 is 39.8 Å². The van der Waals surface area contributed by atoms with Gasteiger partial charge in [0.2, 0.25) is 0 Å². The minimum atomic E-state index is -3.09. The van der Waals surface area contributed by atoms with Gasteiger partial charge >= 0.3 is 0 Å². The Balaban J connectivity index is 0.00000484. The zero-order valence-corrected chi connectivity index (χ0v) is 18.0. The largest absolute Gasteiger partial charge is 0.356 e. The fraction of sp³-hybridized carbons (Fsp3) is 0.812. The highest BCUT2D eigenvalue weighted by Crippen LogP contribution is 2.19. The smallest absolute Gasteiger partial charge is 0.191 e. The number of hydrogen-bond donors (Lipinski definition) is 2. The first-order chi connectivity index (χ1) is 10.3. The molecule has 0 fully saturated rings. The van der Waals surface area contributed by atoms with Crippen molar-refractivity contribution < 1.29 is 8.42 Å². The lowest BCUT2D eigenvalue weighted by atomic mass is 9.97. The first-order valence-electron chi connectivity index (χ1n) is 8.11. The average Bonchev–Trinajstić information content (AvgIpc) is 2.45. The molecule has 0 spiro atoms. The van der Waals surface area contributed by atoms with E-state index >= 15 is 0 Å². The van der Waals surface area contributed by atoms with Crippen LogP contribution in [0.25, 0.3) is 0 Å². The maximum atomic E-state index is 12.0. The van der Waals surface area contributed by atoms with Crippen molar-refractivity contribution in [2.45, 2.75) is 57.6 Å². The normalized spacial score (nSPS) is 16.3. The van der Waals surface area contributed by atoms with Crippen LogP contribution in [-0.2, 0) is 9.84 Å². The second-order valence-electron chi connectivity index (χ2n) is 6.72. The summed E-state index contributed by atoms with van der Waals surface area (Å²) in [5, 5.41) is 6.32. The van der Waals surface area contributed by atoms with E-state index in [1.165, 1.54) is 31.3 Å². The van der Waals surface area contributed by atoms with Crippen molar-refractivity contribution in [2.24, 2.45) is 4.99 Å². The molecule has 1 rings (SSSR count). The Labute approximate surface area is 158 Å². The molecule has 0 heterocycles. The molecular weight excluding hydrogens is 425 g/mol. The summed E-state index contributed by atoms with van der Waals surface area (Å²) < 4.78 is 23.4. The zero-order valence-electron chi connectivity index (χ0n) is 14.8. The first kappa shape index (κ1) is 22.7. The third-order valence-corrected chi connectivity index (χ3v) is 6.55. The maximum absolute atomic E-state index is 12.0. The SMILES string of the molecule is CN=C(NCCC1=CCCCC1)NCCS(=O)(=O)C(C)(C)C.I. The molecule has 0 saturated carbocycles. The fourth-order valence-electron chi connectivity index (χ4n) is 2.30. The molecule has 1 aliphatic carbocycles. The van der Waals surface area contributed by atoms with Crippen molar-refractivity contribution in [3.63, 3.8) is 0 Å². The van der Waals surface area contributed by atoms with Crippen LogP contribution in [0.5, 0.6) is 0 Å². The Morgan fingerprint density at radius 1 is 1.22 bits per heavy atom. The van der Waals surface area contributed by atoms with E-state index in [4.69, 9.17) is 0 Å². The number of sulfone groups is 1. The van der Waals surface area contributed by atoms with Gasteiger partial charge in [-0.1, -0.05) is 11.6 Å².